The number of methoxy groups -OCH3 is 2. The van der Waals surface area contributed by atoms with Gasteiger partial charge in [0.05, 0.1) is 35.6 Å². The monoisotopic (exact) mass is 710 g/mol. The number of Topliss-reactive ketones (excluding diaryl/α,β-unsaturated/α-hetero) is 1. The topological polar surface area (TPSA) is 89.5 Å². The molecule has 0 spiro atoms. The van der Waals surface area contributed by atoms with E-state index in [9.17, 15) is 9.59 Å². The molecule has 0 aromatic heterocycles. The number of carbonyl (C=O) groups is 2. The van der Waals surface area contributed by atoms with Gasteiger partial charge in [-0.15, -0.1) is 23.5 Å². The highest BCUT2D eigenvalue weighted by atomic mass is 32.2. The lowest BCUT2D eigenvalue weighted by atomic mass is 9.76. The van der Waals surface area contributed by atoms with Crippen LogP contribution in [0.25, 0.3) is 0 Å². The standard InChI is InChI=1S/C36H58O8S2Si/c1-33(2,3)47(8,9)44-31(20-28-18-27(37)19-32(38)43-28)34(4,5)36(45-16-13-17-46-36)23-29-21-35(39-6,40-7)22-30(42-29)25-41-24-26-14-11-10-12-15-26/h10-12,14-15,28-31H,13,16-25H2,1-9H3/t28-,29+,30-,31+/m1/s1. The Bertz CT molecular complexity index is 1160. The molecule has 4 rings (SSSR count). The molecule has 3 aliphatic heterocycles. The van der Waals surface area contributed by atoms with E-state index in [1.54, 1.807) is 14.2 Å². The molecule has 3 fully saturated rings. The van der Waals surface area contributed by atoms with Crippen molar-refractivity contribution in [2.45, 2.75) is 139 Å². The van der Waals surface area contributed by atoms with Crippen LogP contribution >= 0.6 is 23.5 Å². The Labute approximate surface area is 292 Å². The molecule has 0 N–H and O–H groups in total. The molecule has 3 aliphatic rings. The molecule has 0 unspecified atom stereocenters. The Hall–Kier alpha value is -0.923. The van der Waals surface area contributed by atoms with Gasteiger partial charge >= 0.3 is 5.97 Å². The number of carbonyl (C=O) groups excluding carboxylic acids is 2. The maximum absolute atomic E-state index is 12.5. The van der Waals surface area contributed by atoms with Crippen LogP contribution in [0.3, 0.4) is 0 Å². The molecule has 266 valence electrons. The molecule has 0 saturated carbocycles. The number of hydrogen-bond acceptors (Lipinski definition) is 10. The van der Waals surface area contributed by atoms with Crippen LogP contribution in [0, 0.1) is 5.41 Å². The molecule has 11 heteroatoms. The zero-order valence-electron chi connectivity index (χ0n) is 30.1. The maximum Gasteiger partial charge on any atom is 0.313 e. The lowest BCUT2D eigenvalue weighted by Gasteiger charge is -2.56. The van der Waals surface area contributed by atoms with Crippen LogP contribution in [0.1, 0.15) is 85.1 Å². The quantitative estimate of drug-likeness (QED) is 0.0826. The second kappa shape index (κ2) is 16.0. The molecule has 0 aliphatic carbocycles. The number of ether oxygens (including phenoxy) is 5. The molecule has 1 aromatic carbocycles. The van der Waals surface area contributed by atoms with E-state index in [4.69, 9.17) is 28.1 Å². The van der Waals surface area contributed by atoms with Gasteiger partial charge in [0.25, 0.3) is 0 Å². The number of benzene rings is 1. The minimum atomic E-state index is -2.27. The number of rotatable bonds is 14. The SMILES string of the molecule is COC1(OC)C[C@H](COCc2ccccc2)O[C@H](CC2(C(C)(C)[C@H](C[C@H]3CC(=O)CC(=O)O3)O[Si](C)(C)C(C)(C)C)SCCCS2)C1. The van der Waals surface area contributed by atoms with Crippen molar-refractivity contribution in [2.75, 3.05) is 32.3 Å². The van der Waals surface area contributed by atoms with Crippen LogP contribution in [-0.2, 0) is 44.3 Å². The molecule has 0 radical (unpaired) electrons. The Morgan fingerprint density at radius 3 is 2.19 bits per heavy atom. The fourth-order valence-electron chi connectivity index (χ4n) is 6.68. The van der Waals surface area contributed by atoms with Crippen LogP contribution in [0.15, 0.2) is 30.3 Å². The summed E-state index contributed by atoms with van der Waals surface area (Å²) in [5, 5.41) is -0.0175. The van der Waals surface area contributed by atoms with Gasteiger partial charge in [-0.3, -0.25) is 9.59 Å². The average Bonchev–Trinajstić information content (AvgIpc) is 3.00. The summed E-state index contributed by atoms with van der Waals surface area (Å²) in [6.45, 7) is 16.9. The zero-order chi connectivity index (χ0) is 34.5. The van der Waals surface area contributed by atoms with Crippen molar-refractivity contribution in [3.8, 4) is 0 Å². The van der Waals surface area contributed by atoms with Crippen molar-refractivity contribution in [3.05, 3.63) is 35.9 Å². The Morgan fingerprint density at radius 1 is 0.957 bits per heavy atom. The summed E-state index contributed by atoms with van der Waals surface area (Å²) in [4.78, 5) is 24.9. The molecule has 3 heterocycles. The molecule has 4 atom stereocenters. The summed E-state index contributed by atoms with van der Waals surface area (Å²) in [7, 11) is 1.17. The predicted octanol–water partition coefficient (Wildman–Crippen LogP) is 7.78. The molecule has 0 bridgehead atoms. The summed E-state index contributed by atoms with van der Waals surface area (Å²) in [5.41, 5.74) is 0.743. The number of esters is 1. The molecular formula is C36H58O8S2Si. The highest BCUT2D eigenvalue weighted by Crippen LogP contribution is 2.60. The second-order valence-corrected chi connectivity index (χ2v) is 23.3. The molecule has 3 saturated heterocycles. The molecule has 47 heavy (non-hydrogen) atoms. The highest BCUT2D eigenvalue weighted by molar-refractivity contribution is 8.18. The summed E-state index contributed by atoms with van der Waals surface area (Å²) in [6, 6.07) is 10.2. The maximum atomic E-state index is 12.5. The largest absolute Gasteiger partial charge is 0.461 e. The fraction of sp³-hybridized carbons (Fsp3) is 0.778. The van der Waals surface area contributed by atoms with E-state index in [1.165, 1.54) is 0 Å². The van der Waals surface area contributed by atoms with Crippen molar-refractivity contribution >= 4 is 43.6 Å². The van der Waals surface area contributed by atoms with Gasteiger partial charge in [0, 0.05) is 45.3 Å². The van der Waals surface area contributed by atoms with Gasteiger partial charge in [-0.1, -0.05) is 65.0 Å². The Balaban J connectivity index is 1.62. The number of thioether (sulfide) groups is 2. The summed E-state index contributed by atoms with van der Waals surface area (Å²) < 4.78 is 38.0. The fourth-order valence-corrected chi connectivity index (χ4v) is 12.0. The molecule has 1 aromatic rings. The predicted molar refractivity (Wildman–Crippen MR) is 192 cm³/mol. The van der Waals surface area contributed by atoms with E-state index in [0.29, 0.717) is 32.5 Å². The third-order valence-corrected chi connectivity index (χ3v) is 19.2. The summed E-state index contributed by atoms with van der Waals surface area (Å²) in [6.07, 6.45) is 2.62. The first-order valence-corrected chi connectivity index (χ1v) is 22.0. The minimum absolute atomic E-state index is 0.0175. The first-order chi connectivity index (χ1) is 22.0. The van der Waals surface area contributed by atoms with Crippen LogP contribution in [0.4, 0.5) is 0 Å². The third kappa shape index (κ3) is 9.66. The van der Waals surface area contributed by atoms with Gasteiger partial charge in [0.2, 0.25) is 0 Å². The lowest BCUT2D eigenvalue weighted by Crippen LogP contribution is -2.58. The Kier molecular flexibility index (Phi) is 13.2. The van der Waals surface area contributed by atoms with Crippen molar-refractivity contribution in [3.63, 3.8) is 0 Å². The average molecular weight is 711 g/mol. The highest BCUT2D eigenvalue weighted by Gasteiger charge is 2.57. The Morgan fingerprint density at radius 2 is 1.60 bits per heavy atom. The summed E-state index contributed by atoms with van der Waals surface area (Å²) >= 11 is 4.00. The number of ketones is 1. The van der Waals surface area contributed by atoms with Crippen LogP contribution in [0.5, 0.6) is 0 Å². The molecule has 8 nitrogen and oxygen atoms in total. The van der Waals surface area contributed by atoms with Gasteiger partial charge in [-0.05, 0) is 48.0 Å². The van der Waals surface area contributed by atoms with Crippen LogP contribution in [0.2, 0.25) is 18.1 Å². The normalized spacial score (nSPS) is 26.1. The first-order valence-electron chi connectivity index (χ1n) is 17.1. The van der Waals surface area contributed by atoms with E-state index < -0.39 is 26.2 Å². The second-order valence-electron chi connectivity index (χ2n) is 15.5. The number of hydrogen-bond donors (Lipinski definition) is 0. The first kappa shape index (κ1) is 38.9. The van der Waals surface area contributed by atoms with Crippen LogP contribution < -0.4 is 0 Å². The van der Waals surface area contributed by atoms with Crippen molar-refractivity contribution < 1.29 is 37.7 Å². The lowest BCUT2D eigenvalue weighted by molar-refractivity contribution is -0.278. The van der Waals surface area contributed by atoms with Gasteiger partial charge < -0.3 is 28.1 Å². The van der Waals surface area contributed by atoms with Crippen molar-refractivity contribution in [1.82, 2.24) is 0 Å². The van der Waals surface area contributed by atoms with Gasteiger partial charge in [-0.2, -0.15) is 0 Å². The number of cyclic esters (lactones) is 1. The van der Waals surface area contributed by atoms with Gasteiger partial charge in [0.1, 0.15) is 18.3 Å². The molecular weight excluding hydrogens is 653 g/mol. The minimum Gasteiger partial charge on any atom is -0.461 e. The van der Waals surface area contributed by atoms with E-state index in [0.717, 1.165) is 29.9 Å². The van der Waals surface area contributed by atoms with E-state index >= 15 is 0 Å². The molecule has 0 amide bonds. The van der Waals surface area contributed by atoms with E-state index in [1.807, 2.05) is 41.7 Å². The van der Waals surface area contributed by atoms with E-state index in [-0.39, 0.29) is 51.5 Å². The van der Waals surface area contributed by atoms with Crippen molar-refractivity contribution in [2.24, 2.45) is 5.41 Å². The van der Waals surface area contributed by atoms with E-state index in [2.05, 4.69) is 59.8 Å². The van der Waals surface area contributed by atoms with Gasteiger partial charge in [-0.25, -0.2) is 0 Å². The summed E-state index contributed by atoms with van der Waals surface area (Å²) in [5.74, 6) is 0.815. The zero-order valence-corrected chi connectivity index (χ0v) is 32.7. The van der Waals surface area contributed by atoms with Crippen molar-refractivity contribution in [1.29, 1.82) is 0 Å². The smallest absolute Gasteiger partial charge is 0.313 e. The van der Waals surface area contributed by atoms with Crippen LogP contribution in [-0.4, -0.2) is 86.7 Å². The van der Waals surface area contributed by atoms with Gasteiger partial charge in [0.15, 0.2) is 14.1 Å². The third-order valence-electron chi connectivity index (χ3n) is 10.7.